The largest absolute Gasteiger partial charge is 0.368 e. The maximum Gasteiger partial charge on any atom is 0.220 e. The zero-order valence-electron chi connectivity index (χ0n) is 10.3. The molecule has 3 aromatic rings. The summed E-state index contributed by atoms with van der Waals surface area (Å²) in [4.78, 5) is 12.4. The van der Waals surface area contributed by atoms with E-state index in [-0.39, 0.29) is 11.8 Å². The van der Waals surface area contributed by atoms with Gasteiger partial charge in [0.1, 0.15) is 5.82 Å². The van der Waals surface area contributed by atoms with Gasteiger partial charge in [-0.15, -0.1) is 0 Å². The van der Waals surface area contributed by atoms with Crippen LogP contribution in [0.2, 0.25) is 0 Å². The molecule has 0 atom stereocenters. The maximum atomic E-state index is 13.7. The van der Waals surface area contributed by atoms with Crippen molar-refractivity contribution in [2.75, 3.05) is 5.73 Å². The number of rotatable bonds is 1. The number of hydrogen-bond acceptors (Lipinski definition) is 4. The Bertz CT molecular complexity index is 750. The lowest BCUT2D eigenvalue weighted by Gasteiger charge is -2.05. The molecule has 2 N–H and O–H groups in total. The zero-order chi connectivity index (χ0) is 13.4. The van der Waals surface area contributed by atoms with Gasteiger partial charge in [0.15, 0.2) is 0 Å². The molecule has 0 radical (unpaired) electrons. The molecule has 0 fully saturated rings. The molecule has 0 aliphatic rings. The van der Waals surface area contributed by atoms with E-state index in [1.807, 2.05) is 6.92 Å². The van der Waals surface area contributed by atoms with Crippen molar-refractivity contribution in [3.8, 4) is 11.3 Å². The van der Waals surface area contributed by atoms with E-state index < -0.39 is 0 Å². The van der Waals surface area contributed by atoms with Crippen LogP contribution in [0.15, 0.2) is 36.5 Å². The van der Waals surface area contributed by atoms with E-state index in [4.69, 9.17) is 5.73 Å². The number of pyridine rings is 1. The number of aromatic nitrogens is 3. The molecule has 94 valence electrons. The van der Waals surface area contributed by atoms with Crippen LogP contribution in [-0.4, -0.2) is 15.0 Å². The monoisotopic (exact) mass is 254 g/mol. The highest BCUT2D eigenvalue weighted by Gasteiger charge is 2.07. The first-order valence-electron chi connectivity index (χ1n) is 5.79. The van der Waals surface area contributed by atoms with Crippen LogP contribution >= 0.6 is 0 Å². The van der Waals surface area contributed by atoms with Gasteiger partial charge in [-0.25, -0.2) is 14.4 Å². The first-order chi connectivity index (χ1) is 9.13. The van der Waals surface area contributed by atoms with Crippen LogP contribution in [0.25, 0.3) is 22.2 Å². The third-order valence-corrected chi connectivity index (χ3v) is 2.84. The molecule has 0 saturated carbocycles. The van der Waals surface area contributed by atoms with Gasteiger partial charge < -0.3 is 5.73 Å². The van der Waals surface area contributed by atoms with Crippen molar-refractivity contribution in [1.82, 2.24) is 15.0 Å². The lowest BCUT2D eigenvalue weighted by Crippen LogP contribution is -1.98. The van der Waals surface area contributed by atoms with E-state index in [1.54, 1.807) is 30.5 Å². The summed E-state index contributed by atoms with van der Waals surface area (Å²) < 4.78 is 13.7. The number of benzene rings is 1. The van der Waals surface area contributed by atoms with Crippen molar-refractivity contribution >= 4 is 16.9 Å². The standard InChI is InChI=1S/C14H11FN4/c1-8-5-13(19-14(16)18-8)9-6-10-11(15)3-2-4-12(10)17-7-9/h2-7H,1H3,(H2,16,18,19). The van der Waals surface area contributed by atoms with Crippen molar-refractivity contribution in [3.63, 3.8) is 0 Å². The number of nitrogens with two attached hydrogens (primary N) is 1. The van der Waals surface area contributed by atoms with Gasteiger partial charge in [-0.3, -0.25) is 4.98 Å². The minimum absolute atomic E-state index is 0.198. The highest BCUT2D eigenvalue weighted by molar-refractivity contribution is 5.83. The highest BCUT2D eigenvalue weighted by atomic mass is 19.1. The Morgan fingerprint density at radius 2 is 2.00 bits per heavy atom. The summed E-state index contributed by atoms with van der Waals surface area (Å²) in [5.74, 6) is -0.103. The topological polar surface area (TPSA) is 64.7 Å². The van der Waals surface area contributed by atoms with Crippen LogP contribution in [0.4, 0.5) is 10.3 Å². The Kier molecular flexibility index (Phi) is 2.59. The van der Waals surface area contributed by atoms with E-state index in [2.05, 4.69) is 15.0 Å². The second kappa shape index (κ2) is 4.28. The first-order valence-corrected chi connectivity index (χ1v) is 5.79. The summed E-state index contributed by atoms with van der Waals surface area (Å²) >= 11 is 0. The van der Waals surface area contributed by atoms with Crippen molar-refractivity contribution < 1.29 is 4.39 Å². The first kappa shape index (κ1) is 11.5. The third kappa shape index (κ3) is 2.10. The molecule has 0 spiro atoms. The molecular weight excluding hydrogens is 243 g/mol. The lowest BCUT2D eigenvalue weighted by molar-refractivity contribution is 0.639. The number of aryl methyl sites for hydroxylation is 1. The molecule has 4 nitrogen and oxygen atoms in total. The Hall–Kier alpha value is -2.56. The van der Waals surface area contributed by atoms with E-state index in [0.29, 0.717) is 16.6 Å². The van der Waals surface area contributed by atoms with Crippen LogP contribution < -0.4 is 5.73 Å². The summed E-state index contributed by atoms with van der Waals surface area (Å²) in [6, 6.07) is 8.32. The molecule has 2 heterocycles. The van der Waals surface area contributed by atoms with Crippen molar-refractivity contribution in [2.24, 2.45) is 0 Å². The fourth-order valence-corrected chi connectivity index (χ4v) is 1.99. The second-order valence-electron chi connectivity index (χ2n) is 4.28. The van der Waals surface area contributed by atoms with Gasteiger partial charge >= 0.3 is 0 Å². The molecule has 0 saturated heterocycles. The molecule has 1 aromatic carbocycles. The van der Waals surface area contributed by atoms with Gasteiger partial charge in [0.25, 0.3) is 0 Å². The van der Waals surface area contributed by atoms with Crippen molar-refractivity contribution in [2.45, 2.75) is 6.92 Å². The summed E-state index contributed by atoms with van der Waals surface area (Å²) in [5.41, 5.74) is 8.36. The number of halogens is 1. The Balaban J connectivity index is 2.22. The van der Waals surface area contributed by atoms with E-state index >= 15 is 0 Å². The van der Waals surface area contributed by atoms with Gasteiger partial charge in [0.05, 0.1) is 11.2 Å². The smallest absolute Gasteiger partial charge is 0.220 e. The summed E-state index contributed by atoms with van der Waals surface area (Å²) in [7, 11) is 0. The quantitative estimate of drug-likeness (QED) is 0.725. The van der Waals surface area contributed by atoms with E-state index in [9.17, 15) is 4.39 Å². The van der Waals surface area contributed by atoms with E-state index in [1.165, 1.54) is 6.07 Å². The summed E-state index contributed by atoms with van der Waals surface area (Å²) in [6.07, 6.45) is 1.66. The van der Waals surface area contributed by atoms with Crippen molar-refractivity contribution in [1.29, 1.82) is 0 Å². The third-order valence-electron chi connectivity index (χ3n) is 2.84. The molecular formula is C14H11FN4. The fraction of sp³-hybridized carbons (Fsp3) is 0.0714. The van der Waals surface area contributed by atoms with Crippen LogP contribution in [0.1, 0.15) is 5.69 Å². The Labute approximate surface area is 109 Å². The molecule has 0 aliphatic heterocycles. The van der Waals surface area contributed by atoms with Gasteiger partial charge in [0, 0.05) is 22.8 Å². The minimum atomic E-state index is -0.300. The van der Waals surface area contributed by atoms with Gasteiger partial charge in [-0.2, -0.15) is 0 Å². The molecule has 19 heavy (non-hydrogen) atoms. The van der Waals surface area contributed by atoms with Gasteiger partial charge in [-0.05, 0) is 31.2 Å². The van der Waals surface area contributed by atoms with E-state index in [0.717, 1.165) is 11.3 Å². The predicted octanol–water partition coefficient (Wildman–Crippen LogP) is 2.72. The zero-order valence-corrected chi connectivity index (χ0v) is 10.3. The number of anilines is 1. The molecule has 2 aromatic heterocycles. The highest BCUT2D eigenvalue weighted by Crippen LogP contribution is 2.23. The number of fused-ring (bicyclic) bond motifs is 1. The van der Waals surface area contributed by atoms with Crippen LogP contribution in [0.5, 0.6) is 0 Å². The lowest BCUT2D eigenvalue weighted by atomic mass is 10.1. The number of nitrogen functional groups attached to an aromatic ring is 1. The summed E-state index contributed by atoms with van der Waals surface area (Å²) in [5, 5.41) is 0.467. The molecule has 3 rings (SSSR count). The molecule has 0 aliphatic carbocycles. The average molecular weight is 254 g/mol. The fourth-order valence-electron chi connectivity index (χ4n) is 1.99. The molecule has 0 bridgehead atoms. The Morgan fingerprint density at radius 3 is 2.79 bits per heavy atom. The van der Waals surface area contributed by atoms with Gasteiger partial charge in [0.2, 0.25) is 5.95 Å². The van der Waals surface area contributed by atoms with Crippen LogP contribution in [0.3, 0.4) is 0 Å². The number of hydrogen-bond donors (Lipinski definition) is 1. The number of nitrogens with zero attached hydrogens (tertiary/aromatic N) is 3. The summed E-state index contributed by atoms with van der Waals surface area (Å²) in [6.45, 7) is 1.83. The normalized spacial score (nSPS) is 10.8. The Morgan fingerprint density at radius 1 is 1.16 bits per heavy atom. The van der Waals surface area contributed by atoms with Crippen LogP contribution in [0, 0.1) is 12.7 Å². The van der Waals surface area contributed by atoms with Crippen molar-refractivity contribution in [3.05, 3.63) is 48.0 Å². The SMILES string of the molecule is Cc1cc(-c2cnc3cccc(F)c3c2)nc(N)n1. The molecule has 0 unspecified atom stereocenters. The predicted molar refractivity (Wildman–Crippen MR) is 71.9 cm³/mol. The second-order valence-corrected chi connectivity index (χ2v) is 4.28. The maximum absolute atomic E-state index is 13.7. The average Bonchev–Trinajstić information content (AvgIpc) is 2.38. The minimum Gasteiger partial charge on any atom is -0.368 e. The van der Waals surface area contributed by atoms with Gasteiger partial charge in [-0.1, -0.05) is 6.07 Å². The van der Waals surface area contributed by atoms with Crippen LogP contribution in [-0.2, 0) is 0 Å². The molecule has 0 amide bonds. The molecule has 5 heteroatoms.